The topological polar surface area (TPSA) is 99.0 Å². The van der Waals surface area contributed by atoms with Gasteiger partial charge in [-0.05, 0) is 37.3 Å². The molecule has 0 aliphatic carbocycles. The smallest absolute Gasteiger partial charge is 0.267 e. The van der Waals surface area contributed by atoms with E-state index < -0.39 is 5.91 Å². The van der Waals surface area contributed by atoms with E-state index in [1.165, 1.54) is 17.4 Å². The number of aryl methyl sites for hydroxylation is 1. The van der Waals surface area contributed by atoms with Gasteiger partial charge in [0.2, 0.25) is 11.0 Å². The number of methoxy groups -OCH3 is 1. The van der Waals surface area contributed by atoms with Crippen LogP contribution in [0.5, 0.6) is 5.75 Å². The first-order valence-corrected chi connectivity index (χ1v) is 8.19. The summed E-state index contributed by atoms with van der Waals surface area (Å²) in [6.45, 7) is 1.58. The summed E-state index contributed by atoms with van der Waals surface area (Å²) in [4.78, 5) is 24.1. The van der Waals surface area contributed by atoms with Crippen LogP contribution in [0.1, 0.15) is 5.01 Å². The summed E-state index contributed by atoms with van der Waals surface area (Å²) in [6, 6.07) is 10.3. The van der Waals surface area contributed by atoms with Gasteiger partial charge in [-0.2, -0.15) is 5.10 Å². The summed E-state index contributed by atoms with van der Waals surface area (Å²) in [6.07, 6.45) is 0. The molecule has 0 radical (unpaired) electrons. The maximum absolute atomic E-state index is 12.1. The van der Waals surface area contributed by atoms with Crippen LogP contribution >= 0.6 is 11.3 Å². The number of carbonyl (C=O) groups excluding carboxylic acids is 1. The van der Waals surface area contributed by atoms with Crippen LogP contribution < -0.4 is 15.6 Å². The van der Waals surface area contributed by atoms with Crippen molar-refractivity contribution in [3.05, 3.63) is 51.8 Å². The number of nitrogens with zero attached hydrogens (tertiary/aromatic N) is 4. The Bertz CT molecular complexity index is 949. The molecule has 3 rings (SSSR count). The highest BCUT2D eigenvalue weighted by Crippen LogP contribution is 2.19. The van der Waals surface area contributed by atoms with Crippen molar-refractivity contribution in [2.45, 2.75) is 13.5 Å². The quantitative estimate of drug-likeness (QED) is 0.746. The van der Waals surface area contributed by atoms with E-state index in [1.807, 2.05) is 12.1 Å². The zero-order chi connectivity index (χ0) is 17.8. The Kier molecular flexibility index (Phi) is 4.85. The van der Waals surface area contributed by atoms with E-state index in [-0.39, 0.29) is 12.1 Å². The average Bonchev–Trinajstić information content (AvgIpc) is 3.01. The van der Waals surface area contributed by atoms with E-state index in [2.05, 4.69) is 20.6 Å². The third-order valence-electron chi connectivity index (χ3n) is 3.32. The van der Waals surface area contributed by atoms with Gasteiger partial charge in [0.1, 0.15) is 17.3 Å². The van der Waals surface area contributed by atoms with Crippen LogP contribution in [0.15, 0.2) is 41.2 Å². The molecule has 9 heteroatoms. The number of anilines is 1. The van der Waals surface area contributed by atoms with Gasteiger partial charge in [-0.25, -0.2) is 4.68 Å². The second kappa shape index (κ2) is 7.22. The summed E-state index contributed by atoms with van der Waals surface area (Å²) in [5, 5.41) is 15.6. The molecule has 0 spiro atoms. The fourth-order valence-corrected chi connectivity index (χ4v) is 2.73. The van der Waals surface area contributed by atoms with Crippen molar-refractivity contribution in [2.24, 2.45) is 0 Å². The van der Waals surface area contributed by atoms with Crippen molar-refractivity contribution in [1.29, 1.82) is 0 Å². The lowest BCUT2D eigenvalue weighted by Gasteiger charge is -2.07. The predicted octanol–water partition coefficient (Wildman–Crippen LogP) is 1.72. The molecule has 0 atom stereocenters. The first-order chi connectivity index (χ1) is 12.0. The van der Waals surface area contributed by atoms with Crippen molar-refractivity contribution in [3.63, 3.8) is 0 Å². The minimum atomic E-state index is -0.391. The summed E-state index contributed by atoms with van der Waals surface area (Å²) in [5.74, 6) is 0.335. The van der Waals surface area contributed by atoms with E-state index in [1.54, 1.807) is 32.2 Å². The Morgan fingerprint density at radius 2 is 1.96 bits per heavy atom. The lowest BCUT2D eigenvalue weighted by Crippen LogP contribution is -2.29. The van der Waals surface area contributed by atoms with Gasteiger partial charge in [-0.3, -0.25) is 14.9 Å². The van der Waals surface area contributed by atoms with Gasteiger partial charge in [-0.1, -0.05) is 11.3 Å². The highest BCUT2D eigenvalue weighted by Gasteiger charge is 2.10. The number of ether oxygens (including phenoxy) is 1. The van der Waals surface area contributed by atoms with Crippen LogP contribution in [0, 0.1) is 6.92 Å². The number of rotatable bonds is 5. The molecule has 0 aliphatic rings. The predicted molar refractivity (Wildman–Crippen MR) is 93.8 cm³/mol. The maximum atomic E-state index is 12.1. The van der Waals surface area contributed by atoms with Crippen LogP contribution in [0.3, 0.4) is 0 Å². The molecule has 0 saturated carbocycles. The first-order valence-electron chi connectivity index (χ1n) is 7.38. The molecule has 25 heavy (non-hydrogen) atoms. The lowest BCUT2D eigenvalue weighted by molar-refractivity contribution is -0.117. The van der Waals surface area contributed by atoms with E-state index in [4.69, 9.17) is 4.74 Å². The number of carbonyl (C=O) groups is 1. The van der Waals surface area contributed by atoms with Crippen molar-refractivity contribution < 1.29 is 9.53 Å². The maximum Gasteiger partial charge on any atom is 0.267 e. The highest BCUT2D eigenvalue weighted by molar-refractivity contribution is 7.15. The van der Waals surface area contributed by atoms with Gasteiger partial charge in [0.15, 0.2) is 0 Å². The van der Waals surface area contributed by atoms with Gasteiger partial charge < -0.3 is 4.74 Å². The molecular weight excluding hydrogens is 342 g/mol. The second-order valence-corrected chi connectivity index (χ2v) is 6.30. The fraction of sp³-hybridized carbons (Fsp3) is 0.188. The van der Waals surface area contributed by atoms with Gasteiger partial charge in [0, 0.05) is 11.6 Å². The van der Waals surface area contributed by atoms with E-state index >= 15 is 0 Å². The van der Waals surface area contributed by atoms with Crippen LogP contribution in [0.2, 0.25) is 0 Å². The molecule has 1 N–H and O–H groups in total. The molecule has 2 heterocycles. The van der Waals surface area contributed by atoms with Crippen LogP contribution in [-0.4, -0.2) is 33.0 Å². The van der Waals surface area contributed by atoms with E-state index in [0.29, 0.717) is 10.8 Å². The Morgan fingerprint density at radius 3 is 2.60 bits per heavy atom. The molecule has 0 aliphatic heterocycles. The largest absolute Gasteiger partial charge is 0.497 e. The third-order valence-corrected chi connectivity index (χ3v) is 4.07. The fourth-order valence-electron chi connectivity index (χ4n) is 2.12. The van der Waals surface area contributed by atoms with Crippen molar-refractivity contribution in [2.75, 3.05) is 12.4 Å². The molecule has 3 aromatic rings. The van der Waals surface area contributed by atoms with E-state index in [0.717, 1.165) is 21.0 Å². The van der Waals surface area contributed by atoms with Crippen molar-refractivity contribution in [3.8, 4) is 17.0 Å². The summed E-state index contributed by atoms with van der Waals surface area (Å²) < 4.78 is 6.23. The van der Waals surface area contributed by atoms with Gasteiger partial charge in [0.05, 0.1) is 12.8 Å². The molecule has 0 saturated heterocycles. The summed E-state index contributed by atoms with van der Waals surface area (Å²) >= 11 is 1.26. The molecule has 1 amide bonds. The van der Waals surface area contributed by atoms with Gasteiger partial charge in [0.25, 0.3) is 5.56 Å². The molecule has 128 valence electrons. The van der Waals surface area contributed by atoms with Crippen molar-refractivity contribution >= 4 is 22.4 Å². The Labute approximate surface area is 147 Å². The third kappa shape index (κ3) is 4.07. The highest BCUT2D eigenvalue weighted by atomic mass is 32.1. The van der Waals surface area contributed by atoms with Crippen molar-refractivity contribution in [1.82, 2.24) is 20.0 Å². The zero-order valence-corrected chi connectivity index (χ0v) is 14.4. The Morgan fingerprint density at radius 1 is 1.20 bits per heavy atom. The number of nitrogens with one attached hydrogen (secondary N) is 1. The Balaban J connectivity index is 1.79. The Hall–Kier alpha value is -3.07. The normalized spacial score (nSPS) is 10.5. The molecule has 8 nitrogen and oxygen atoms in total. The van der Waals surface area contributed by atoms with E-state index in [9.17, 15) is 9.59 Å². The minimum Gasteiger partial charge on any atom is -0.497 e. The average molecular weight is 357 g/mol. The molecule has 0 bridgehead atoms. The molecular formula is C16H15N5O3S. The molecule has 0 unspecified atom stereocenters. The zero-order valence-electron chi connectivity index (χ0n) is 13.6. The number of hydrogen-bond acceptors (Lipinski definition) is 7. The number of aromatic nitrogens is 4. The lowest BCUT2D eigenvalue weighted by atomic mass is 10.1. The standard InChI is InChI=1S/C16H15N5O3S/c1-10-18-19-16(25-10)17-14(22)9-21-15(23)8-7-13(20-21)11-3-5-12(24-2)6-4-11/h3-8H,9H2,1-2H3,(H,17,19,22). The SMILES string of the molecule is COc1ccc(-c2ccc(=O)n(CC(=O)Nc3nnc(C)s3)n2)cc1. The minimum absolute atomic E-state index is 0.207. The number of benzene rings is 1. The molecule has 2 aromatic heterocycles. The van der Waals surface area contributed by atoms with Gasteiger partial charge in [-0.15, -0.1) is 10.2 Å². The van der Waals surface area contributed by atoms with Crippen LogP contribution in [-0.2, 0) is 11.3 Å². The monoisotopic (exact) mass is 357 g/mol. The summed E-state index contributed by atoms with van der Waals surface area (Å²) in [5.41, 5.74) is 1.04. The first kappa shape index (κ1) is 16.8. The van der Waals surface area contributed by atoms with Crippen LogP contribution in [0.4, 0.5) is 5.13 Å². The van der Waals surface area contributed by atoms with Gasteiger partial charge >= 0.3 is 0 Å². The number of amides is 1. The molecule has 1 aromatic carbocycles. The van der Waals surface area contributed by atoms with Crippen LogP contribution in [0.25, 0.3) is 11.3 Å². The number of hydrogen-bond donors (Lipinski definition) is 1. The molecule has 0 fully saturated rings. The second-order valence-electron chi connectivity index (χ2n) is 5.12. The summed E-state index contributed by atoms with van der Waals surface area (Å²) in [7, 11) is 1.59.